The summed E-state index contributed by atoms with van der Waals surface area (Å²) < 4.78 is 28.0. The standard InChI is InChI=1S/C23H22ClN3O4S/c1-2-22(28)26-18-9-11-19(12-10-18)27-23(29)17-8-13-20(24)21(14-17)32(30,31)25-15-16-6-4-3-5-7-16/h3-14,25H,2,15H2,1H3,(H,26,28)(H,27,29). The van der Waals surface area contributed by atoms with Crippen molar-refractivity contribution in [1.82, 2.24) is 4.72 Å². The van der Waals surface area contributed by atoms with Crippen molar-refractivity contribution in [2.75, 3.05) is 10.6 Å². The highest BCUT2D eigenvalue weighted by atomic mass is 35.5. The number of carbonyl (C=O) groups is 2. The first-order valence-corrected chi connectivity index (χ1v) is 11.7. The van der Waals surface area contributed by atoms with Gasteiger partial charge in [-0.05, 0) is 48.0 Å². The molecule has 0 aliphatic carbocycles. The summed E-state index contributed by atoms with van der Waals surface area (Å²) in [5.74, 6) is -0.607. The number of rotatable bonds is 8. The van der Waals surface area contributed by atoms with Crippen molar-refractivity contribution in [1.29, 1.82) is 0 Å². The number of nitrogens with one attached hydrogen (secondary N) is 3. The number of anilines is 2. The van der Waals surface area contributed by atoms with E-state index < -0.39 is 15.9 Å². The fourth-order valence-corrected chi connectivity index (χ4v) is 4.33. The fourth-order valence-electron chi connectivity index (χ4n) is 2.79. The molecule has 0 aromatic heterocycles. The average Bonchev–Trinajstić information content (AvgIpc) is 2.79. The Labute approximate surface area is 191 Å². The summed E-state index contributed by atoms with van der Waals surface area (Å²) in [5, 5.41) is 5.43. The molecule has 0 spiro atoms. The second-order valence-electron chi connectivity index (χ2n) is 6.89. The molecule has 0 radical (unpaired) electrons. The summed E-state index contributed by atoms with van der Waals surface area (Å²) in [5.41, 5.74) is 2.03. The number of hydrogen-bond donors (Lipinski definition) is 3. The van der Waals surface area contributed by atoms with E-state index >= 15 is 0 Å². The molecule has 3 N–H and O–H groups in total. The maximum atomic E-state index is 12.7. The van der Waals surface area contributed by atoms with E-state index in [9.17, 15) is 18.0 Å². The summed E-state index contributed by atoms with van der Waals surface area (Å²) in [7, 11) is -3.94. The van der Waals surface area contributed by atoms with Crippen LogP contribution < -0.4 is 15.4 Å². The third-order valence-corrected chi connectivity index (χ3v) is 6.42. The lowest BCUT2D eigenvalue weighted by Crippen LogP contribution is -2.24. The number of halogens is 1. The van der Waals surface area contributed by atoms with Crippen LogP contribution in [-0.2, 0) is 21.4 Å². The Balaban J connectivity index is 1.72. The second kappa shape index (κ2) is 10.4. The van der Waals surface area contributed by atoms with Crippen LogP contribution in [0.1, 0.15) is 29.3 Å². The Morgan fingerprint density at radius 2 is 1.50 bits per heavy atom. The highest BCUT2D eigenvalue weighted by molar-refractivity contribution is 7.89. The van der Waals surface area contributed by atoms with Crippen LogP contribution in [0.25, 0.3) is 0 Å². The quantitative estimate of drug-likeness (QED) is 0.452. The highest BCUT2D eigenvalue weighted by Crippen LogP contribution is 2.24. The number of sulfonamides is 1. The van der Waals surface area contributed by atoms with Gasteiger partial charge in [0.15, 0.2) is 0 Å². The first-order chi connectivity index (χ1) is 15.3. The van der Waals surface area contributed by atoms with Crippen LogP contribution >= 0.6 is 11.6 Å². The van der Waals surface area contributed by atoms with E-state index in [-0.39, 0.29) is 27.9 Å². The zero-order chi connectivity index (χ0) is 23.1. The Hall–Kier alpha value is -3.20. The maximum absolute atomic E-state index is 12.7. The van der Waals surface area contributed by atoms with Crippen LogP contribution in [0, 0.1) is 0 Å². The minimum absolute atomic E-state index is 0.0122. The van der Waals surface area contributed by atoms with Gasteiger partial charge in [0, 0.05) is 29.9 Å². The zero-order valence-corrected chi connectivity index (χ0v) is 18.8. The van der Waals surface area contributed by atoms with Crippen molar-refractivity contribution in [3.05, 3.63) is 88.9 Å². The third kappa shape index (κ3) is 6.16. The van der Waals surface area contributed by atoms with Gasteiger partial charge in [-0.25, -0.2) is 13.1 Å². The van der Waals surface area contributed by atoms with Crippen LogP contribution in [0.3, 0.4) is 0 Å². The Morgan fingerprint density at radius 3 is 2.12 bits per heavy atom. The zero-order valence-electron chi connectivity index (χ0n) is 17.3. The van der Waals surface area contributed by atoms with E-state index in [2.05, 4.69) is 15.4 Å². The van der Waals surface area contributed by atoms with Crippen LogP contribution in [0.5, 0.6) is 0 Å². The molecule has 0 unspecified atom stereocenters. The Morgan fingerprint density at radius 1 is 0.875 bits per heavy atom. The molecule has 3 aromatic carbocycles. The van der Waals surface area contributed by atoms with Gasteiger partial charge in [-0.2, -0.15) is 0 Å². The molecule has 0 fully saturated rings. The van der Waals surface area contributed by atoms with E-state index in [1.807, 2.05) is 18.2 Å². The molecule has 166 valence electrons. The van der Waals surface area contributed by atoms with E-state index in [1.54, 1.807) is 43.3 Å². The van der Waals surface area contributed by atoms with Crippen LogP contribution in [0.15, 0.2) is 77.7 Å². The number of amides is 2. The van der Waals surface area contributed by atoms with Gasteiger partial charge in [0.25, 0.3) is 5.91 Å². The molecule has 0 heterocycles. The van der Waals surface area contributed by atoms with Crippen molar-refractivity contribution >= 4 is 44.8 Å². The van der Waals surface area contributed by atoms with Crippen LogP contribution in [0.4, 0.5) is 11.4 Å². The normalized spacial score (nSPS) is 11.1. The van der Waals surface area contributed by atoms with Crippen LogP contribution in [-0.4, -0.2) is 20.2 Å². The molecule has 7 nitrogen and oxygen atoms in total. The van der Waals surface area contributed by atoms with Gasteiger partial charge in [0.1, 0.15) is 4.90 Å². The Kier molecular flexibility index (Phi) is 7.63. The topological polar surface area (TPSA) is 104 Å². The van der Waals surface area contributed by atoms with Gasteiger partial charge in [-0.15, -0.1) is 0 Å². The Bertz CT molecular complexity index is 1210. The van der Waals surface area contributed by atoms with Gasteiger partial charge < -0.3 is 10.6 Å². The second-order valence-corrected chi connectivity index (χ2v) is 9.03. The predicted molar refractivity (Wildman–Crippen MR) is 125 cm³/mol. The first kappa shape index (κ1) is 23.5. The van der Waals surface area contributed by atoms with E-state index in [4.69, 9.17) is 11.6 Å². The van der Waals surface area contributed by atoms with Gasteiger partial charge in [0.2, 0.25) is 15.9 Å². The lowest BCUT2D eigenvalue weighted by atomic mass is 10.2. The predicted octanol–water partition coefficient (Wildman–Crippen LogP) is 4.42. The van der Waals surface area contributed by atoms with Crippen molar-refractivity contribution in [2.24, 2.45) is 0 Å². The summed E-state index contributed by atoms with van der Waals surface area (Å²) in [6.45, 7) is 1.85. The molecular formula is C23H22ClN3O4S. The van der Waals surface area contributed by atoms with Crippen molar-refractivity contribution < 1.29 is 18.0 Å². The molecule has 0 saturated carbocycles. The lowest BCUT2D eigenvalue weighted by Gasteiger charge is -2.11. The lowest BCUT2D eigenvalue weighted by molar-refractivity contribution is -0.115. The highest BCUT2D eigenvalue weighted by Gasteiger charge is 2.20. The monoisotopic (exact) mass is 471 g/mol. The molecule has 0 saturated heterocycles. The molecule has 2 amide bonds. The molecule has 0 aliphatic rings. The maximum Gasteiger partial charge on any atom is 0.255 e. The minimum Gasteiger partial charge on any atom is -0.326 e. The number of hydrogen-bond acceptors (Lipinski definition) is 4. The van der Waals surface area contributed by atoms with Crippen molar-refractivity contribution in [3.8, 4) is 0 Å². The average molecular weight is 472 g/mol. The fraction of sp³-hybridized carbons (Fsp3) is 0.130. The first-order valence-electron chi connectivity index (χ1n) is 9.83. The van der Waals surface area contributed by atoms with E-state index in [0.717, 1.165) is 5.56 Å². The molecule has 0 bridgehead atoms. The van der Waals surface area contributed by atoms with Gasteiger partial charge >= 0.3 is 0 Å². The molecule has 0 atom stereocenters. The van der Waals surface area contributed by atoms with Gasteiger partial charge in [-0.3, -0.25) is 9.59 Å². The van der Waals surface area contributed by atoms with E-state index in [1.165, 1.54) is 18.2 Å². The van der Waals surface area contributed by atoms with Gasteiger partial charge in [-0.1, -0.05) is 48.9 Å². The third-order valence-electron chi connectivity index (χ3n) is 4.54. The summed E-state index contributed by atoms with van der Waals surface area (Å²) >= 11 is 6.11. The molecular weight excluding hydrogens is 450 g/mol. The van der Waals surface area contributed by atoms with Crippen molar-refractivity contribution in [3.63, 3.8) is 0 Å². The minimum atomic E-state index is -3.94. The number of benzene rings is 3. The SMILES string of the molecule is CCC(=O)Nc1ccc(NC(=O)c2ccc(Cl)c(S(=O)(=O)NCc3ccccc3)c2)cc1. The molecule has 32 heavy (non-hydrogen) atoms. The smallest absolute Gasteiger partial charge is 0.255 e. The van der Waals surface area contributed by atoms with E-state index in [0.29, 0.717) is 17.8 Å². The molecule has 3 aromatic rings. The largest absolute Gasteiger partial charge is 0.326 e. The van der Waals surface area contributed by atoms with Crippen LogP contribution in [0.2, 0.25) is 5.02 Å². The molecule has 3 rings (SSSR count). The summed E-state index contributed by atoms with van der Waals surface area (Å²) in [6.07, 6.45) is 0.362. The summed E-state index contributed by atoms with van der Waals surface area (Å²) in [4.78, 5) is 23.9. The number of carbonyl (C=O) groups excluding carboxylic acids is 2. The van der Waals surface area contributed by atoms with Crippen molar-refractivity contribution in [2.45, 2.75) is 24.8 Å². The molecule has 0 aliphatic heterocycles. The molecule has 9 heteroatoms. The summed E-state index contributed by atoms with van der Waals surface area (Å²) in [6, 6.07) is 19.7. The van der Waals surface area contributed by atoms with Gasteiger partial charge in [0.05, 0.1) is 5.02 Å².